The summed E-state index contributed by atoms with van der Waals surface area (Å²) in [6.45, 7) is 13.2. The standard InChI is InChI=1S/C14H31N.C2H6/c1-4-5-6-7-8-9-10-11-12-15-13-14(2)3;1-2/h14-15H,4-13H2,1-3H3;1-2H3. The molecule has 0 aromatic rings. The van der Waals surface area contributed by atoms with E-state index in [0.717, 1.165) is 5.92 Å². The van der Waals surface area contributed by atoms with Crippen molar-refractivity contribution in [1.29, 1.82) is 0 Å². The summed E-state index contributed by atoms with van der Waals surface area (Å²) in [5.41, 5.74) is 0. The molecule has 0 rings (SSSR count). The maximum Gasteiger partial charge on any atom is -0.00258 e. The van der Waals surface area contributed by atoms with Crippen molar-refractivity contribution in [3.8, 4) is 0 Å². The Morgan fingerprint density at radius 2 is 1.24 bits per heavy atom. The van der Waals surface area contributed by atoms with E-state index in [1.54, 1.807) is 0 Å². The van der Waals surface area contributed by atoms with E-state index in [4.69, 9.17) is 0 Å². The molecule has 0 fully saturated rings. The van der Waals surface area contributed by atoms with Crippen molar-refractivity contribution in [3.63, 3.8) is 0 Å². The van der Waals surface area contributed by atoms with E-state index in [9.17, 15) is 0 Å². The van der Waals surface area contributed by atoms with Crippen molar-refractivity contribution in [1.82, 2.24) is 5.32 Å². The minimum atomic E-state index is 0.791. The van der Waals surface area contributed by atoms with Crippen molar-refractivity contribution >= 4 is 0 Å². The second-order valence-electron chi connectivity index (χ2n) is 5.07. The van der Waals surface area contributed by atoms with Gasteiger partial charge in [0, 0.05) is 0 Å². The fourth-order valence-corrected chi connectivity index (χ4v) is 1.77. The molecule has 1 nitrogen and oxygen atoms in total. The highest BCUT2D eigenvalue weighted by atomic mass is 14.8. The van der Waals surface area contributed by atoms with Crippen LogP contribution >= 0.6 is 0 Å². The van der Waals surface area contributed by atoms with Crippen LogP contribution in [0, 0.1) is 5.92 Å². The monoisotopic (exact) mass is 243 g/mol. The topological polar surface area (TPSA) is 12.0 Å². The third kappa shape index (κ3) is 21.7. The molecule has 0 aliphatic heterocycles. The van der Waals surface area contributed by atoms with Crippen LogP contribution in [0.1, 0.15) is 86.0 Å². The highest BCUT2D eigenvalue weighted by molar-refractivity contribution is 4.52. The Balaban J connectivity index is 0. The molecule has 0 saturated carbocycles. The molecule has 1 heteroatoms. The fourth-order valence-electron chi connectivity index (χ4n) is 1.77. The van der Waals surface area contributed by atoms with Gasteiger partial charge in [-0.15, -0.1) is 0 Å². The minimum absolute atomic E-state index is 0.791. The first kappa shape index (κ1) is 19.3. The summed E-state index contributed by atoms with van der Waals surface area (Å²) in [7, 11) is 0. The maximum atomic E-state index is 3.50. The summed E-state index contributed by atoms with van der Waals surface area (Å²) in [4.78, 5) is 0. The molecule has 0 saturated heterocycles. The lowest BCUT2D eigenvalue weighted by atomic mass is 10.1. The summed E-state index contributed by atoms with van der Waals surface area (Å²) < 4.78 is 0. The van der Waals surface area contributed by atoms with Gasteiger partial charge in [0.05, 0.1) is 0 Å². The molecule has 0 aromatic heterocycles. The van der Waals surface area contributed by atoms with Gasteiger partial charge in [-0.05, 0) is 25.4 Å². The van der Waals surface area contributed by atoms with Gasteiger partial charge < -0.3 is 5.32 Å². The smallest absolute Gasteiger partial charge is 0.00258 e. The number of unbranched alkanes of at least 4 members (excludes halogenated alkanes) is 7. The van der Waals surface area contributed by atoms with Gasteiger partial charge in [0.15, 0.2) is 0 Å². The Hall–Kier alpha value is -0.0400. The summed E-state index contributed by atoms with van der Waals surface area (Å²) in [5, 5.41) is 3.50. The Bertz CT molecular complexity index is 110. The van der Waals surface area contributed by atoms with Gasteiger partial charge in [-0.3, -0.25) is 0 Å². The third-order valence-electron chi connectivity index (χ3n) is 2.76. The van der Waals surface area contributed by atoms with E-state index in [1.165, 1.54) is 64.5 Å². The zero-order valence-electron chi connectivity index (χ0n) is 13.1. The lowest BCUT2D eigenvalue weighted by molar-refractivity contribution is 0.518. The van der Waals surface area contributed by atoms with Crippen LogP contribution in [0.15, 0.2) is 0 Å². The van der Waals surface area contributed by atoms with Crippen LogP contribution in [0.4, 0.5) is 0 Å². The van der Waals surface area contributed by atoms with Crippen LogP contribution in [0.5, 0.6) is 0 Å². The average Bonchev–Trinajstić information content (AvgIpc) is 2.34. The number of nitrogens with one attached hydrogen (secondary N) is 1. The first-order valence-corrected chi connectivity index (χ1v) is 7.98. The van der Waals surface area contributed by atoms with E-state index < -0.39 is 0 Å². The van der Waals surface area contributed by atoms with E-state index >= 15 is 0 Å². The molecular formula is C16H37N. The molecule has 1 N–H and O–H groups in total. The predicted molar refractivity (Wildman–Crippen MR) is 81.7 cm³/mol. The SMILES string of the molecule is CC.CCCCCCCCCCNCC(C)C. The first-order chi connectivity index (χ1) is 8.27. The lowest BCUT2D eigenvalue weighted by Crippen LogP contribution is -2.20. The van der Waals surface area contributed by atoms with E-state index in [-0.39, 0.29) is 0 Å². The zero-order valence-corrected chi connectivity index (χ0v) is 13.1. The van der Waals surface area contributed by atoms with Crippen LogP contribution in [-0.4, -0.2) is 13.1 Å². The normalized spacial score (nSPS) is 10.2. The maximum absolute atomic E-state index is 3.50. The summed E-state index contributed by atoms with van der Waals surface area (Å²) in [6, 6.07) is 0. The predicted octanol–water partition coefficient (Wildman–Crippen LogP) is 5.40. The van der Waals surface area contributed by atoms with Crippen molar-refractivity contribution in [3.05, 3.63) is 0 Å². The van der Waals surface area contributed by atoms with Gasteiger partial charge in [-0.1, -0.05) is 79.6 Å². The molecule has 0 radical (unpaired) electrons. The summed E-state index contributed by atoms with van der Waals surface area (Å²) in [5.74, 6) is 0.791. The van der Waals surface area contributed by atoms with Gasteiger partial charge in [-0.25, -0.2) is 0 Å². The first-order valence-electron chi connectivity index (χ1n) is 7.98. The molecular weight excluding hydrogens is 206 g/mol. The Morgan fingerprint density at radius 1 is 0.765 bits per heavy atom. The number of hydrogen-bond acceptors (Lipinski definition) is 1. The van der Waals surface area contributed by atoms with E-state index in [0.29, 0.717) is 0 Å². The highest BCUT2D eigenvalue weighted by Crippen LogP contribution is 2.07. The quantitative estimate of drug-likeness (QED) is 0.479. The Labute approximate surface area is 111 Å². The molecule has 0 amide bonds. The molecule has 0 aliphatic rings. The molecule has 0 unspecified atom stereocenters. The van der Waals surface area contributed by atoms with Crippen molar-refractivity contribution in [2.24, 2.45) is 5.92 Å². The molecule has 0 aliphatic carbocycles. The van der Waals surface area contributed by atoms with Crippen molar-refractivity contribution < 1.29 is 0 Å². The molecule has 106 valence electrons. The summed E-state index contributed by atoms with van der Waals surface area (Å²) in [6.07, 6.45) is 11.3. The molecule has 17 heavy (non-hydrogen) atoms. The molecule has 0 spiro atoms. The number of rotatable bonds is 11. The second-order valence-corrected chi connectivity index (χ2v) is 5.07. The largest absolute Gasteiger partial charge is 0.316 e. The molecule has 0 aromatic carbocycles. The van der Waals surface area contributed by atoms with Crippen LogP contribution in [0.3, 0.4) is 0 Å². The molecule has 0 bridgehead atoms. The fraction of sp³-hybridized carbons (Fsp3) is 1.00. The van der Waals surface area contributed by atoms with Crippen LogP contribution in [-0.2, 0) is 0 Å². The van der Waals surface area contributed by atoms with Gasteiger partial charge in [0.2, 0.25) is 0 Å². The van der Waals surface area contributed by atoms with E-state index in [1.807, 2.05) is 13.8 Å². The van der Waals surface area contributed by atoms with E-state index in [2.05, 4.69) is 26.1 Å². The molecule has 0 heterocycles. The van der Waals surface area contributed by atoms with Crippen molar-refractivity contribution in [2.75, 3.05) is 13.1 Å². The third-order valence-corrected chi connectivity index (χ3v) is 2.76. The van der Waals surface area contributed by atoms with Gasteiger partial charge in [0.1, 0.15) is 0 Å². The van der Waals surface area contributed by atoms with Gasteiger partial charge >= 0.3 is 0 Å². The molecule has 0 atom stereocenters. The summed E-state index contributed by atoms with van der Waals surface area (Å²) >= 11 is 0. The van der Waals surface area contributed by atoms with Gasteiger partial charge in [0.25, 0.3) is 0 Å². The Morgan fingerprint density at radius 3 is 1.71 bits per heavy atom. The zero-order chi connectivity index (χ0) is 13.4. The average molecular weight is 243 g/mol. The number of hydrogen-bond donors (Lipinski definition) is 1. The Kier molecular flexibility index (Phi) is 20.8. The minimum Gasteiger partial charge on any atom is -0.316 e. The van der Waals surface area contributed by atoms with Crippen LogP contribution in [0.25, 0.3) is 0 Å². The van der Waals surface area contributed by atoms with Gasteiger partial charge in [-0.2, -0.15) is 0 Å². The van der Waals surface area contributed by atoms with Crippen LogP contribution < -0.4 is 5.32 Å². The highest BCUT2D eigenvalue weighted by Gasteiger charge is 1.93. The van der Waals surface area contributed by atoms with Crippen molar-refractivity contribution in [2.45, 2.75) is 86.0 Å². The van der Waals surface area contributed by atoms with Crippen LogP contribution in [0.2, 0.25) is 0 Å². The lowest BCUT2D eigenvalue weighted by Gasteiger charge is -2.06. The second kappa shape index (κ2) is 18.3.